The monoisotopic (exact) mass is 352 g/mol. The Bertz CT molecular complexity index is 777. The van der Waals surface area contributed by atoms with Crippen molar-refractivity contribution in [2.45, 2.75) is 47.1 Å². The minimum Gasteiger partial charge on any atom is -0.351 e. The van der Waals surface area contributed by atoms with Gasteiger partial charge in [-0.15, -0.1) is 0 Å². The smallest absolute Gasteiger partial charge is 0.239 e. The summed E-state index contributed by atoms with van der Waals surface area (Å²) < 4.78 is 0. The maximum Gasteiger partial charge on any atom is 0.239 e. The molecule has 0 aliphatic heterocycles. The molecule has 2 N–H and O–H groups in total. The molecule has 0 unspecified atom stereocenters. The van der Waals surface area contributed by atoms with Crippen LogP contribution in [-0.4, -0.2) is 11.8 Å². The van der Waals surface area contributed by atoms with Gasteiger partial charge in [-0.3, -0.25) is 9.59 Å². The second-order valence-electron chi connectivity index (χ2n) is 7.53. The van der Waals surface area contributed by atoms with Crippen LogP contribution in [0.4, 0.5) is 5.69 Å². The van der Waals surface area contributed by atoms with E-state index in [1.807, 2.05) is 55.5 Å². The summed E-state index contributed by atoms with van der Waals surface area (Å²) in [6.07, 6.45) is 0. The number of carbonyl (C=O) groups is 2. The Morgan fingerprint density at radius 2 is 1.65 bits per heavy atom. The molecule has 0 fully saturated rings. The van der Waals surface area contributed by atoms with Gasteiger partial charge in [0.15, 0.2) is 0 Å². The highest BCUT2D eigenvalue weighted by Gasteiger charge is 2.35. The molecular formula is C22H28N2O2. The van der Waals surface area contributed by atoms with Crippen molar-refractivity contribution >= 4 is 17.5 Å². The van der Waals surface area contributed by atoms with Gasteiger partial charge in [0, 0.05) is 12.2 Å². The van der Waals surface area contributed by atoms with Crippen molar-refractivity contribution in [3.05, 3.63) is 65.2 Å². The summed E-state index contributed by atoms with van der Waals surface area (Å²) in [5.74, 6) is -0.185. The van der Waals surface area contributed by atoms with Gasteiger partial charge in [0.2, 0.25) is 11.8 Å². The number of hydrogen-bond donors (Lipinski definition) is 2. The van der Waals surface area contributed by atoms with Gasteiger partial charge in [-0.05, 0) is 49.9 Å². The van der Waals surface area contributed by atoms with E-state index >= 15 is 0 Å². The van der Waals surface area contributed by atoms with Gasteiger partial charge in [0.25, 0.3) is 0 Å². The van der Waals surface area contributed by atoms with Crippen molar-refractivity contribution < 1.29 is 9.59 Å². The molecule has 0 spiro atoms. The van der Waals surface area contributed by atoms with Crippen LogP contribution >= 0.6 is 0 Å². The molecule has 4 nitrogen and oxygen atoms in total. The molecule has 2 aromatic rings. The van der Waals surface area contributed by atoms with Crippen molar-refractivity contribution in [1.29, 1.82) is 0 Å². The van der Waals surface area contributed by atoms with Gasteiger partial charge in [-0.25, -0.2) is 0 Å². The molecule has 4 heteroatoms. The Kier molecular flexibility index (Phi) is 6.19. The van der Waals surface area contributed by atoms with Crippen LogP contribution in [-0.2, 0) is 16.1 Å². The van der Waals surface area contributed by atoms with Gasteiger partial charge < -0.3 is 10.6 Å². The van der Waals surface area contributed by atoms with E-state index in [1.54, 1.807) is 13.8 Å². The van der Waals surface area contributed by atoms with Crippen molar-refractivity contribution in [1.82, 2.24) is 5.32 Å². The van der Waals surface area contributed by atoms with Gasteiger partial charge in [-0.1, -0.05) is 55.8 Å². The Morgan fingerprint density at radius 1 is 1.00 bits per heavy atom. The van der Waals surface area contributed by atoms with Crippen LogP contribution < -0.4 is 10.6 Å². The lowest BCUT2D eigenvalue weighted by Gasteiger charge is -2.23. The number of hydrogen-bond acceptors (Lipinski definition) is 2. The van der Waals surface area contributed by atoms with E-state index in [4.69, 9.17) is 0 Å². The maximum absolute atomic E-state index is 12.6. The van der Waals surface area contributed by atoms with Crippen LogP contribution in [0.2, 0.25) is 0 Å². The highest BCUT2D eigenvalue weighted by Crippen LogP contribution is 2.21. The Labute approximate surface area is 156 Å². The largest absolute Gasteiger partial charge is 0.351 e. The highest BCUT2D eigenvalue weighted by atomic mass is 16.2. The minimum absolute atomic E-state index is 0.296. The van der Waals surface area contributed by atoms with Crippen LogP contribution in [0.1, 0.15) is 50.3 Å². The Morgan fingerprint density at radius 3 is 2.23 bits per heavy atom. The fraction of sp³-hybridized carbons (Fsp3) is 0.364. The molecule has 0 heterocycles. The number of carbonyl (C=O) groups excluding carboxylic acids is 2. The minimum atomic E-state index is -1.17. The van der Waals surface area contributed by atoms with Crippen molar-refractivity contribution in [2.24, 2.45) is 5.41 Å². The van der Waals surface area contributed by atoms with E-state index in [1.165, 1.54) is 5.56 Å². The van der Waals surface area contributed by atoms with Crippen molar-refractivity contribution in [3.63, 3.8) is 0 Å². The maximum atomic E-state index is 12.6. The second kappa shape index (κ2) is 8.17. The van der Waals surface area contributed by atoms with E-state index in [0.717, 1.165) is 11.1 Å². The molecule has 26 heavy (non-hydrogen) atoms. The zero-order chi connectivity index (χ0) is 19.3. The van der Waals surface area contributed by atoms with E-state index in [2.05, 4.69) is 24.5 Å². The first-order valence-electron chi connectivity index (χ1n) is 8.95. The third kappa shape index (κ3) is 4.94. The molecule has 2 aromatic carbocycles. The topological polar surface area (TPSA) is 58.2 Å². The summed E-state index contributed by atoms with van der Waals surface area (Å²) in [5, 5.41) is 5.69. The standard InChI is InChI=1S/C22H28N2O2/c1-15(2)18-9-11-19(12-10-18)24-21(26)22(4,5)20(25)23-14-17-8-6-7-16(3)13-17/h6-13,15H,14H2,1-5H3,(H,23,25)(H,24,26). The fourth-order valence-corrected chi connectivity index (χ4v) is 2.57. The van der Waals surface area contributed by atoms with Crippen LogP contribution in [0.15, 0.2) is 48.5 Å². The molecule has 0 saturated carbocycles. The van der Waals surface area contributed by atoms with Crippen molar-refractivity contribution in [3.8, 4) is 0 Å². The summed E-state index contributed by atoms with van der Waals surface area (Å²) in [6, 6.07) is 15.7. The number of nitrogens with one attached hydrogen (secondary N) is 2. The second-order valence-corrected chi connectivity index (χ2v) is 7.53. The van der Waals surface area contributed by atoms with Gasteiger partial charge in [-0.2, -0.15) is 0 Å². The Hall–Kier alpha value is -2.62. The van der Waals surface area contributed by atoms with Crippen LogP contribution in [0, 0.1) is 12.3 Å². The van der Waals surface area contributed by atoms with Crippen molar-refractivity contribution in [2.75, 3.05) is 5.32 Å². The first-order valence-corrected chi connectivity index (χ1v) is 8.95. The van der Waals surface area contributed by atoms with Gasteiger partial charge in [0.1, 0.15) is 5.41 Å². The fourth-order valence-electron chi connectivity index (χ4n) is 2.57. The van der Waals surface area contributed by atoms with Gasteiger partial charge >= 0.3 is 0 Å². The number of anilines is 1. The summed E-state index contributed by atoms with van der Waals surface area (Å²) in [5.41, 5.74) is 2.88. The number of aryl methyl sites for hydroxylation is 1. The normalized spacial score (nSPS) is 11.3. The number of amides is 2. The molecule has 2 amide bonds. The molecule has 0 aromatic heterocycles. The predicted octanol–water partition coefficient (Wildman–Crippen LogP) is 4.40. The van der Waals surface area contributed by atoms with E-state index in [-0.39, 0.29) is 11.8 Å². The molecule has 0 atom stereocenters. The molecule has 2 rings (SSSR count). The lowest BCUT2D eigenvalue weighted by molar-refractivity contribution is -0.138. The molecule has 0 aliphatic carbocycles. The number of rotatable bonds is 6. The van der Waals surface area contributed by atoms with Crippen LogP contribution in [0.3, 0.4) is 0 Å². The molecule has 0 bridgehead atoms. The summed E-state index contributed by atoms with van der Waals surface area (Å²) in [4.78, 5) is 25.1. The SMILES string of the molecule is Cc1cccc(CNC(=O)C(C)(C)C(=O)Nc2ccc(C(C)C)cc2)c1. The first kappa shape index (κ1) is 19.7. The summed E-state index contributed by atoms with van der Waals surface area (Å²) >= 11 is 0. The molecule has 0 saturated heterocycles. The summed E-state index contributed by atoms with van der Waals surface area (Å²) in [7, 11) is 0. The quantitative estimate of drug-likeness (QED) is 0.757. The third-order valence-corrected chi connectivity index (χ3v) is 4.51. The molecule has 138 valence electrons. The molecular weight excluding hydrogens is 324 g/mol. The first-order chi connectivity index (χ1) is 12.2. The lowest BCUT2D eigenvalue weighted by Crippen LogP contribution is -2.44. The number of benzene rings is 2. The third-order valence-electron chi connectivity index (χ3n) is 4.51. The average molecular weight is 352 g/mol. The predicted molar refractivity (Wildman–Crippen MR) is 106 cm³/mol. The molecule has 0 radical (unpaired) electrons. The van der Waals surface area contributed by atoms with E-state index in [9.17, 15) is 9.59 Å². The average Bonchev–Trinajstić information content (AvgIpc) is 2.60. The zero-order valence-electron chi connectivity index (χ0n) is 16.2. The van der Waals surface area contributed by atoms with Crippen LogP contribution in [0.5, 0.6) is 0 Å². The van der Waals surface area contributed by atoms with E-state index in [0.29, 0.717) is 18.2 Å². The Balaban J connectivity index is 1.98. The van der Waals surface area contributed by atoms with Crippen LogP contribution in [0.25, 0.3) is 0 Å². The van der Waals surface area contributed by atoms with Gasteiger partial charge in [0.05, 0.1) is 0 Å². The summed E-state index contributed by atoms with van der Waals surface area (Å²) in [6.45, 7) is 9.92. The molecule has 0 aliphatic rings. The lowest BCUT2D eigenvalue weighted by atomic mass is 9.90. The zero-order valence-corrected chi connectivity index (χ0v) is 16.2. The highest BCUT2D eigenvalue weighted by molar-refractivity contribution is 6.09. The van der Waals surface area contributed by atoms with E-state index < -0.39 is 5.41 Å².